The Hall–Kier alpha value is -1.89. The van der Waals surface area contributed by atoms with Crippen molar-refractivity contribution in [2.45, 2.75) is 44.9 Å². The first-order chi connectivity index (χ1) is 11.7. The van der Waals surface area contributed by atoms with Crippen LogP contribution >= 0.6 is 0 Å². The van der Waals surface area contributed by atoms with E-state index >= 15 is 0 Å². The molecule has 0 saturated heterocycles. The number of carbonyl (C=O) groups excluding carboxylic acids is 1. The fraction of sp³-hybridized carbons (Fsp3) is 0.556. The Bertz CT molecular complexity index is 680. The van der Waals surface area contributed by atoms with Gasteiger partial charge >= 0.3 is 5.97 Å². The largest absolute Gasteiger partial charge is 0.481 e. The predicted molar refractivity (Wildman–Crippen MR) is 96.4 cm³/mol. The van der Waals surface area contributed by atoms with Crippen LogP contribution in [0.4, 0.5) is 0 Å². The smallest absolute Gasteiger partial charge is 0.305 e. The Morgan fingerprint density at radius 1 is 1.16 bits per heavy atom. The molecule has 0 saturated carbocycles. The van der Waals surface area contributed by atoms with Gasteiger partial charge in [0, 0.05) is 18.7 Å². The van der Waals surface area contributed by atoms with Crippen LogP contribution in [0.15, 0.2) is 29.2 Å². The highest BCUT2D eigenvalue weighted by Gasteiger charge is 2.19. The quantitative estimate of drug-likeness (QED) is 0.685. The van der Waals surface area contributed by atoms with Crippen LogP contribution in [0.1, 0.15) is 50.4 Å². The summed E-state index contributed by atoms with van der Waals surface area (Å²) in [6.07, 6.45) is 1.27. The monoisotopic (exact) mass is 369 g/mol. The molecule has 0 atom stereocenters. The number of nitrogens with zero attached hydrogens (tertiary/aromatic N) is 1. The summed E-state index contributed by atoms with van der Waals surface area (Å²) in [5, 5.41) is 8.84. The van der Waals surface area contributed by atoms with Gasteiger partial charge in [-0.05, 0) is 36.6 Å². The highest BCUT2D eigenvalue weighted by molar-refractivity contribution is 7.91. The molecule has 25 heavy (non-hydrogen) atoms. The third-order valence-corrected chi connectivity index (χ3v) is 5.51. The van der Waals surface area contributed by atoms with Crippen molar-refractivity contribution < 1.29 is 23.1 Å². The van der Waals surface area contributed by atoms with Gasteiger partial charge in [0.1, 0.15) is 0 Å². The Labute approximate surface area is 149 Å². The van der Waals surface area contributed by atoms with Crippen molar-refractivity contribution in [3.63, 3.8) is 0 Å². The number of amides is 1. The first-order valence-electron chi connectivity index (χ1n) is 8.51. The third kappa shape index (κ3) is 6.86. The molecule has 0 fully saturated rings. The molecule has 0 bridgehead atoms. The number of rotatable bonds is 10. The molecule has 6 nitrogen and oxygen atoms in total. The number of carboxylic acid groups (broad SMARTS) is 1. The summed E-state index contributed by atoms with van der Waals surface area (Å²) in [7, 11) is -3.33. The minimum Gasteiger partial charge on any atom is -0.481 e. The molecule has 0 radical (unpaired) electrons. The van der Waals surface area contributed by atoms with Gasteiger partial charge in [0.05, 0.1) is 17.1 Å². The predicted octanol–water partition coefficient (Wildman–Crippen LogP) is 2.83. The topological polar surface area (TPSA) is 91.8 Å². The fourth-order valence-electron chi connectivity index (χ4n) is 2.39. The maximum absolute atomic E-state index is 12.6. The van der Waals surface area contributed by atoms with E-state index in [2.05, 4.69) is 0 Å². The Morgan fingerprint density at radius 2 is 1.76 bits per heavy atom. The van der Waals surface area contributed by atoms with E-state index in [-0.39, 0.29) is 35.4 Å². The molecule has 1 amide bonds. The van der Waals surface area contributed by atoms with Crippen LogP contribution in [0.2, 0.25) is 0 Å². The average Bonchev–Trinajstić information content (AvgIpc) is 2.56. The Morgan fingerprint density at radius 3 is 2.24 bits per heavy atom. The summed E-state index contributed by atoms with van der Waals surface area (Å²) in [5.41, 5.74) is 0.362. The van der Waals surface area contributed by atoms with Gasteiger partial charge in [0.15, 0.2) is 9.84 Å². The number of carbonyl (C=O) groups is 2. The highest BCUT2D eigenvalue weighted by atomic mass is 32.2. The van der Waals surface area contributed by atoms with Gasteiger partial charge in [-0.1, -0.05) is 27.2 Å². The summed E-state index contributed by atoms with van der Waals surface area (Å²) in [4.78, 5) is 25.1. The molecule has 7 heteroatoms. The second-order valence-electron chi connectivity index (χ2n) is 6.49. The molecule has 0 aliphatic heterocycles. The standard InChI is InChI=1S/C18H27NO5S/c1-4-5-12-25(23,24)16-8-6-15(7-9-16)18(22)19(13-14(2)3)11-10-17(20)21/h6-9,14H,4-5,10-13H2,1-3H3,(H,20,21). The van der Waals surface area contributed by atoms with Gasteiger partial charge in [-0.3, -0.25) is 9.59 Å². The van der Waals surface area contributed by atoms with Gasteiger partial charge in [-0.25, -0.2) is 8.42 Å². The summed E-state index contributed by atoms with van der Waals surface area (Å²) in [6, 6.07) is 5.89. The van der Waals surface area contributed by atoms with Gasteiger partial charge in [0.2, 0.25) is 0 Å². The van der Waals surface area contributed by atoms with E-state index in [0.29, 0.717) is 18.5 Å². The molecule has 0 unspecified atom stereocenters. The summed E-state index contributed by atoms with van der Waals surface area (Å²) in [5.74, 6) is -0.952. The fourth-order valence-corrected chi connectivity index (χ4v) is 3.84. The van der Waals surface area contributed by atoms with Gasteiger partial charge in [-0.15, -0.1) is 0 Å². The maximum Gasteiger partial charge on any atom is 0.305 e. The first kappa shape index (κ1) is 21.2. The van der Waals surface area contributed by atoms with E-state index in [1.165, 1.54) is 29.2 Å². The molecule has 1 aromatic rings. The highest BCUT2D eigenvalue weighted by Crippen LogP contribution is 2.16. The van der Waals surface area contributed by atoms with Crippen molar-refractivity contribution in [3.8, 4) is 0 Å². The number of carboxylic acids is 1. The minimum atomic E-state index is -3.33. The molecule has 0 spiro atoms. The van der Waals surface area contributed by atoms with E-state index in [9.17, 15) is 18.0 Å². The van der Waals surface area contributed by atoms with E-state index in [1.807, 2.05) is 20.8 Å². The van der Waals surface area contributed by atoms with E-state index < -0.39 is 15.8 Å². The zero-order valence-corrected chi connectivity index (χ0v) is 15.9. The lowest BCUT2D eigenvalue weighted by molar-refractivity contribution is -0.137. The van der Waals surface area contributed by atoms with Crippen molar-refractivity contribution in [1.29, 1.82) is 0 Å². The molecule has 0 aliphatic carbocycles. The zero-order valence-electron chi connectivity index (χ0n) is 15.1. The summed E-state index contributed by atoms with van der Waals surface area (Å²) >= 11 is 0. The number of hydrogen-bond acceptors (Lipinski definition) is 4. The van der Waals surface area contributed by atoms with Gasteiger partial charge < -0.3 is 10.0 Å². The van der Waals surface area contributed by atoms with Crippen LogP contribution in [0, 0.1) is 5.92 Å². The molecule has 1 aromatic carbocycles. The lowest BCUT2D eigenvalue weighted by Gasteiger charge is -2.24. The second kappa shape index (κ2) is 9.56. The Kier molecular flexibility index (Phi) is 8.09. The molecule has 0 aromatic heterocycles. The molecule has 1 rings (SSSR count). The Balaban J connectivity index is 2.93. The lowest BCUT2D eigenvalue weighted by Crippen LogP contribution is -2.36. The van der Waals surface area contributed by atoms with Crippen LogP contribution in [0.3, 0.4) is 0 Å². The van der Waals surface area contributed by atoms with E-state index in [1.54, 1.807) is 0 Å². The van der Waals surface area contributed by atoms with Crippen molar-refractivity contribution in [2.75, 3.05) is 18.8 Å². The lowest BCUT2D eigenvalue weighted by atomic mass is 10.1. The van der Waals surface area contributed by atoms with Crippen molar-refractivity contribution in [2.24, 2.45) is 5.92 Å². The van der Waals surface area contributed by atoms with Crippen LogP contribution in [0.25, 0.3) is 0 Å². The van der Waals surface area contributed by atoms with Crippen LogP contribution < -0.4 is 0 Å². The minimum absolute atomic E-state index is 0.0921. The molecular formula is C18H27NO5S. The molecular weight excluding hydrogens is 342 g/mol. The normalized spacial score (nSPS) is 11.5. The first-order valence-corrected chi connectivity index (χ1v) is 10.2. The molecule has 0 heterocycles. The summed E-state index contributed by atoms with van der Waals surface area (Å²) < 4.78 is 24.3. The average molecular weight is 369 g/mol. The van der Waals surface area contributed by atoms with Crippen molar-refractivity contribution >= 4 is 21.7 Å². The second-order valence-corrected chi connectivity index (χ2v) is 8.59. The van der Waals surface area contributed by atoms with Crippen LogP contribution in [0.5, 0.6) is 0 Å². The van der Waals surface area contributed by atoms with Crippen molar-refractivity contribution in [3.05, 3.63) is 29.8 Å². The number of unbranched alkanes of at least 4 members (excludes halogenated alkanes) is 1. The number of hydrogen-bond donors (Lipinski definition) is 1. The number of aliphatic carboxylic acids is 1. The maximum atomic E-state index is 12.6. The van der Waals surface area contributed by atoms with Gasteiger partial charge in [0.25, 0.3) is 5.91 Å². The molecule has 1 N–H and O–H groups in total. The molecule has 0 aliphatic rings. The van der Waals surface area contributed by atoms with Crippen LogP contribution in [-0.4, -0.2) is 49.1 Å². The van der Waals surface area contributed by atoms with Gasteiger partial charge in [-0.2, -0.15) is 0 Å². The summed E-state index contributed by atoms with van der Waals surface area (Å²) in [6.45, 7) is 6.40. The van der Waals surface area contributed by atoms with Crippen LogP contribution in [-0.2, 0) is 14.6 Å². The van der Waals surface area contributed by atoms with Crippen molar-refractivity contribution in [1.82, 2.24) is 4.90 Å². The van der Waals surface area contributed by atoms with E-state index in [4.69, 9.17) is 5.11 Å². The number of sulfone groups is 1. The number of benzene rings is 1. The molecule has 140 valence electrons. The van der Waals surface area contributed by atoms with E-state index in [0.717, 1.165) is 6.42 Å². The third-order valence-electron chi connectivity index (χ3n) is 3.70. The SMILES string of the molecule is CCCCS(=O)(=O)c1ccc(C(=O)N(CCC(=O)O)CC(C)C)cc1. The zero-order chi connectivity index (χ0) is 19.0.